The predicted molar refractivity (Wildman–Crippen MR) is 101 cm³/mol. The van der Waals surface area contributed by atoms with Crippen molar-refractivity contribution in [2.24, 2.45) is 11.8 Å². The van der Waals surface area contributed by atoms with Crippen molar-refractivity contribution in [3.05, 3.63) is 71.2 Å². The molecule has 2 aromatic rings. The lowest BCUT2D eigenvalue weighted by atomic mass is 9.77. The summed E-state index contributed by atoms with van der Waals surface area (Å²) in [5, 5.41) is 3.53. The molecule has 5 rings (SSSR count). The van der Waals surface area contributed by atoms with Gasteiger partial charge in [0.25, 0.3) is 0 Å². The van der Waals surface area contributed by atoms with Crippen molar-refractivity contribution >= 4 is 23.4 Å². The first-order valence-electron chi connectivity index (χ1n) is 9.27. The standard InChI is InChI=1S/C21H19ClN2O4/c22-15-6-2-1-4-13(15)10-23-19(25)17-16-7-8-21(28-16)12-24(20(26)18(17)21)11-14-5-3-9-27-14/h1-9,16-18H,10-12H2,(H,23,25)/t16-,17+,18+,21-/m1/s1. The first-order valence-corrected chi connectivity index (χ1v) is 9.65. The first kappa shape index (κ1) is 17.5. The van der Waals surface area contributed by atoms with Gasteiger partial charge in [-0.25, -0.2) is 0 Å². The number of likely N-dealkylation sites (tertiary alicyclic amines) is 1. The number of ether oxygens (including phenoxy) is 1. The Bertz CT molecular complexity index is 957. The molecule has 0 saturated carbocycles. The van der Waals surface area contributed by atoms with Gasteiger partial charge in [-0.1, -0.05) is 42.0 Å². The summed E-state index contributed by atoms with van der Waals surface area (Å²) in [6, 6.07) is 11.0. The summed E-state index contributed by atoms with van der Waals surface area (Å²) in [6.45, 7) is 1.12. The fourth-order valence-corrected chi connectivity index (χ4v) is 4.75. The highest BCUT2D eigenvalue weighted by Crippen LogP contribution is 2.52. The lowest BCUT2D eigenvalue weighted by Gasteiger charge is -2.23. The number of nitrogens with one attached hydrogen (secondary N) is 1. The summed E-state index contributed by atoms with van der Waals surface area (Å²) in [4.78, 5) is 27.8. The van der Waals surface area contributed by atoms with Crippen LogP contribution >= 0.6 is 11.6 Å². The number of rotatable bonds is 5. The van der Waals surface area contributed by atoms with E-state index in [2.05, 4.69) is 5.32 Å². The molecule has 3 aliphatic rings. The number of carbonyl (C=O) groups is 2. The van der Waals surface area contributed by atoms with E-state index in [-0.39, 0.29) is 17.9 Å². The number of halogens is 1. The van der Waals surface area contributed by atoms with Crippen molar-refractivity contribution < 1.29 is 18.7 Å². The minimum atomic E-state index is -0.721. The third kappa shape index (κ3) is 2.67. The number of fused-ring (bicyclic) bond motifs is 1. The molecular weight excluding hydrogens is 380 g/mol. The van der Waals surface area contributed by atoms with Gasteiger partial charge in [0.15, 0.2) is 0 Å². The van der Waals surface area contributed by atoms with Crippen molar-refractivity contribution in [3.63, 3.8) is 0 Å². The van der Waals surface area contributed by atoms with E-state index in [0.29, 0.717) is 30.4 Å². The van der Waals surface area contributed by atoms with Crippen molar-refractivity contribution in [1.82, 2.24) is 10.2 Å². The summed E-state index contributed by atoms with van der Waals surface area (Å²) < 4.78 is 11.5. The number of amides is 2. The summed E-state index contributed by atoms with van der Waals surface area (Å²) in [7, 11) is 0. The van der Waals surface area contributed by atoms with Crippen molar-refractivity contribution in [2.75, 3.05) is 6.54 Å². The topological polar surface area (TPSA) is 71.8 Å². The monoisotopic (exact) mass is 398 g/mol. The number of furan rings is 1. The molecule has 3 aliphatic heterocycles. The van der Waals surface area contributed by atoms with E-state index in [1.54, 1.807) is 23.3 Å². The van der Waals surface area contributed by atoms with Gasteiger partial charge in [0, 0.05) is 11.6 Å². The number of carbonyl (C=O) groups excluding carboxylic acids is 2. The molecule has 2 fully saturated rings. The minimum absolute atomic E-state index is 0.0684. The average Bonchev–Trinajstić information content (AvgIpc) is 3.44. The van der Waals surface area contributed by atoms with Gasteiger partial charge >= 0.3 is 0 Å². The fourth-order valence-electron chi connectivity index (χ4n) is 4.54. The average molecular weight is 399 g/mol. The first-order chi connectivity index (χ1) is 13.6. The lowest BCUT2D eigenvalue weighted by molar-refractivity contribution is -0.138. The smallest absolute Gasteiger partial charge is 0.230 e. The van der Waals surface area contributed by atoms with Gasteiger partial charge in [0.1, 0.15) is 11.4 Å². The van der Waals surface area contributed by atoms with Gasteiger partial charge in [-0.2, -0.15) is 0 Å². The van der Waals surface area contributed by atoms with Gasteiger partial charge in [0.2, 0.25) is 11.8 Å². The lowest BCUT2D eigenvalue weighted by Crippen LogP contribution is -2.43. The maximum atomic E-state index is 13.1. The van der Waals surface area contributed by atoms with E-state index in [1.165, 1.54) is 0 Å². The second-order valence-electron chi connectivity index (χ2n) is 7.48. The Labute approximate surface area is 167 Å². The molecular formula is C21H19ClN2O4. The molecule has 0 unspecified atom stereocenters. The van der Waals surface area contributed by atoms with Crippen LogP contribution in [0.3, 0.4) is 0 Å². The Balaban J connectivity index is 1.33. The highest BCUT2D eigenvalue weighted by molar-refractivity contribution is 6.31. The molecule has 28 heavy (non-hydrogen) atoms. The molecule has 0 radical (unpaired) electrons. The van der Waals surface area contributed by atoms with Crippen LogP contribution in [-0.4, -0.2) is 35.0 Å². The SMILES string of the molecule is O=C(NCc1ccccc1Cl)[C@@H]1[C@H]2C(=O)N(Cc3ccco3)C[C@]23C=C[C@H]1O3. The second-order valence-corrected chi connectivity index (χ2v) is 7.89. The summed E-state index contributed by atoms with van der Waals surface area (Å²) in [6.07, 6.45) is 5.06. The molecule has 4 atom stereocenters. The largest absolute Gasteiger partial charge is 0.467 e. The third-order valence-electron chi connectivity index (χ3n) is 5.82. The number of benzene rings is 1. The molecule has 2 amide bonds. The maximum absolute atomic E-state index is 13.1. The van der Waals surface area contributed by atoms with Crippen LogP contribution in [-0.2, 0) is 27.4 Å². The summed E-state index contributed by atoms with van der Waals surface area (Å²) in [5.74, 6) is -0.594. The number of hydrogen-bond acceptors (Lipinski definition) is 4. The van der Waals surface area contributed by atoms with Gasteiger partial charge in [-0.05, 0) is 23.8 Å². The molecule has 1 aromatic carbocycles. The zero-order chi connectivity index (χ0) is 19.3. The molecule has 144 valence electrons. The highest BCUT2D eigenvalue weighted by atomic mass is 35.5. The molecule has 2 saturated heterocycles. The van der Waals surface area contributed by atoms with E-state index < -0.39 is 17.4 Å². The highest BCUT2D eigenvalue weighted by Gasteiger charge is 2.66. The van der Waals surface area contributed by atoms with Crippen molar-refractivity contribution in [1.29, 1.82) is 0 Å². The van der Waals surface area contributed by atoms with Crippen LogP contribution in [0.2, 0.25) is 5.02 Å². The van der Waals surface area contributed by atoms with Gasteiger partial charge in [-0.15, -0.1) is 0 Å². The molecule has 2 bridgehead atoms. The number of nitrogens with zero attached hydrogens (tertiary/aromatic N) is 1. The van der Waals surface area contributed by atoms with Crippen LogP contribution in [0.25, 0.3) is 0 Å². The second kappa shape index (κ2) is 6.50. The van der Waals surface area contributed by atoms with Gasteiger partial charge in [0.05, 0.1) is 37.3 Å². The predicted octanol–water partition coefficient (Wildman–Crippen LogP) is 2.53. The van der Waals surface area contributed by atoms with Crippen LogP contribution in [0.1, 0.15) is 11.3 Å². The van der Waals surface area contributed by atoms with Gasteiger partial charge in [-0.3, -0.25) is 9.59 Å². The van der Waals surface area contributed by atoms with E-state index in [4.69, 9.17) is 20.8 Å². The Kier molecular flexibility index (Phi) is 4.07. The Morgan fingerprint density at radius 1 is 1.29 bits per heavy atom. The fraction of sp³-hybridized carbons (Fsp3) is 0.333. The third-order valence-corrected chi connectivity index (χ3v) is 6.19. The van der Waals surface area contributed by atoms with Crippen molar-refractivity contribution in [2.45, 2.75) is 24.8 Å². The quantitative estimate of drug-likeness (QED) is 0.785. The van der Waals surface area contributed by atoms with Crippen LogP contribution in [0.5, 0.6) is 0 Å². The Hall–Kier alpha value is -2.57. The summed E-state index contributed by atoms with van der Waals surface area (Å²) >= 11 is 6.17. The molecule has 6 nitrogen and oxygen atoms in total. The van der Waals surface area contributed by atoms with Crippen LogP contribution < -0.4 is 5.32 Å². The molecule has 7 heteroatoms. The van der Waals surface area contributed by atoms with Crippen molar-refractivity contribution in [3.8, 4) is 0 Å². The molecule has 0 aliphatic carbocycles. The number of hydrogen-bond donors (Lipinski definition) is 1. The van der Waals surface area contributed by atoms with Crippen LogP contribution in [0.15, 0.2) is 59.2 Å². The van der Waals surface area contributed by atoms with E-state index >= 15 is 0 Å². The summed E-state index contributed by atoms with van der Waals surface area (Å²) in [5.41, 5.74) is 0.116. The van der Waals surface area contributed by atoms with E-state index in [9.17, 15) is 9.59 Å². The minimum Gasteiger partial charge on any atom is -0.467 e. The van der Waals surface area contributed by atoms with E-state index in [0.717, 1.165) is 5.56 Å². The van der Waals surface area contributed by atoms with Crippen LogP contribution in [0, 0.1) is 11.8 Å². The Morgan fingerprint density at radius 3 is 2.93 bits per heavy atom. The molecule has 1 N–H and O–H groups in total. The molecule has 4 heterocycles. The zero-order valence-electron chi connectivity index (χ0n) is 15.0. The van der Waals surface area contributed by atoms with Crippen LogP contribution in [0.4, 0.5) is 0 Å². The zero-order valence-corrected chi connectivity index (χ0v) is 15.8. The van der Waals surface area contributed by atoms with Gasteiger partial charge < -0.3 is 19.4 Å². The normalized spacial score (nSPS) is 30.1. The van der Waals surface area contributed by atoms with E-state index in [1.807, 2.05) is 36.4 Å². The molecule has 1 spiro atoms. The molecule has 1 aromatic heterocycles. The maximum Gasteiger partial charge on any atom is 0.230 e. The Morgan fingerprint density at radius 2 is 2.14 bits per heavy atom.